The molecule has 0 aliphatic rings. The van der Waals surface area contributed by atoms with E-state index >= 15 is 0 Å². The lowest BCUT2D eigenvalue weighted by Gasteiger charge is -2.15. The highest BCUT2D eigenvalue weighted by molar-refractivity contribution is 6.30. The Kier molecular flexibility index (Phi) is 6.21. The van der Waals surface area contributed by atoms with E-state index in [0.717, 1.165) is 5.56 Å². The van der Waals surface area contributed by atoms with Crippen molar-refractivity contribution in [2.45, 2.75) is 26.5 Å². The van der Waals surface area contributed by atoms with Gasteiger partial charge in [0.2, 0.25) is 5.91 Å². The van der Waals surface area contributed by atoms with Crippen molar-refractivity contribution in [3.8, 4) is 5.75 Å². The number of halogens is 1. The van der Waals surface area contributed by atoms with Gasteiger partial charge in [0.25, 0.3) is 5.91 Å². The highest BCUT2D eigenvalue weighted by atomic mass is 35.5. The average Bonchev–Trinajstić information content (AvgIpc) is 2.52. The summed E-state index contributed by atoms with van der Waals surface area (Å²) >= 11 is 5.89. The zero-order valence-electron chi connectivity index (χ0n) is 13.5. The van der Waals surface area contributed by atoms with Crippen LogP contribution in [0.5, 0.6) is 5.75 Å². The molecule has 1 unspecified atom stereocenters. The number of hydrogen-bond donors (Lipinski definition) is 2. The molecule has 0 aliphatic carbocycles. The molecule has 126 valence electrons. The van der Waals surface area contributed by atoms with Crippen LogP contribution in [0, 0.1) is 0 Å². The average molecular weight is 347 g/mol. The maximum atomic E-state index is 12.1. The Balaban J connectivity index is 1.89. The first kappa shape index (κ1) is 17.8. The molecule has 0 radical (unpaired) electrons. The molecule has 0 saturated carbocycles. The van der Waals surface area contributed by atoms with Crippen LogP contribution in [0.2, 0.25) is 5.02 Å². The van der Waals surface area contributed by atoms with Crippen LogP contribution >= 0.6 is 11.6 Å². The minimum absolute atomic E-state index is 0.139. The first-order chi connectivity index (χ1) is 11.4. The van der Waals surface area contributed by atoms with Gasteiger partial charge in [0.15, 0.2) is 6.10 Å². The minimum Gasteiger partial charge on any atom is -0.481 e. The lowest BCUT2D eigenvalue weighted by molar-refractivity contribution is -0.127. The monoisotopic (exact) mass is 346 g/mol. The molecule has 0 fully saturated rings. The third-order valence-electron chi connectivity index (χ3n) is 3.19. The van der Waals surface area contributed by atoms with Crippen molar-refractivity contribution >= 4 is 29.1 Å². The van der Waals surface area contributed by atoms with Crippen molar-refractivity contribution in [2.75, 3.05) is 5.32 Å². The van der Waals surface area contributed by atoms with Crippen LogP contribution in [-0.4, -0.2) is 17.9 Å². The summed E-state index contributed by atoms with van der Waals surface area (Å²) in [4.78, 5) is 23.2. The Morgan fingerprint density at radius 3 is 2.62 bits per heavy atom. The fourth-order valence-corrected chi connectivity index (χ4v) is 2.27. The molecule has 2 aromatic rings. The molecule has 2 rings (SSSR count). The van der Waals surface area contributed by atoms with Gasteiger partial charge in [-0.2, -0.15) is 0 Å². The van der Waals surface area contributed by atoms with Gasteiger partial charge >= 0.3 is 0 Å². The zero-order valence-corrected chi connectivity index (χ0v) is 14.3. The van der Waals surface area contributed by atoms with E-state index in [4.69, 9.17) is 16.3 Å². The Morgan fingerprint density at radius 1 is 1.17 bits per heavy atom. The number of amides is 2. The first-order valence-corrected chi connectivity index (χ1v) is 7.88. The van der Waals surface area contributed by atoms with Crippen molar-refractivity contribution in [3.63, 3.8) is 0 Å². The molecule has 2 amide bonds. The number of carbonyl (C=O) groups excluding carboxylic acids is 2. The molecular formula is C18H19ClN2O3. The van der Waals surface area contributed by atoms with Crippen LogP contribution < -0.4 is 15.4 Å². The van der Waals surface area contributed by atoms with Gasteiger partial charge in [-0.1, -0.05) is 29.8 Å². The molecular weight excluding hydrogens is 328 g/mol. The number of benzene rings is 2. The molecule has 2 aromatic carbocycles. The fourth-order valence-electron chi connectivity index (χ4n) is 2.09. The molecule has 0 spiro atoms. The smallest absolute Gasteiger partial charge is 0.261 e. The summed E-state index contributed by atoms with van der Waals surface area (Å²) in [7, 11) is 0. The molecule has 0 bridgehead atoms. The predicted octanol–water partition coefficient (Wildman–Crippen LogP) is 3.38. The Labute approximate surface area is 146 Å². The molecule has 0 aromatic heterocycles. The SMILES string of the molecule is CC(=O)Nc1cccc(CNC(=O)C(C)Oc2cccc(Cl)c2)c1. The molecule has 1 atom stereocenters. The second kappa shape index (κ2) is 8.36. The van der Waals surface area contributed by atoms with Gasteiger partial charge in [0, 0.05) is 24.2 Å². The fraction of sp³-hybridized carbons (Fsp3) is 0.222. The van der Waals surface area contributed by atoms with E-state index in [-0.39, 0.29) is 11.8 Å². The lowest BCUT2D eigenvalue weighted by atomic mass is 10.2. The number of carbonyl (C=O) groups is 2. The number of nitrogens with one attached hydrogen (secondary N) is 2. The van der Waals surface area contributed by atoms with Gasteiger partial charge in [0.05, 0.1) is 0 Å². The van der Waals surface area contributed by atoms with Crippen molar-refractivity contribution < 1.29 is 14.3 Å². The van der Waals surface area contributed by atoms with E-state index < -0.39 is 6.10 Å². The molecule has 0 aliphatic heterocycles. The van der Waals surface area contributed by atoms with Crippen LogP contribution in [0.25, 0.3) is 0 Å². The van der Waals surface area contributed by atoms with Crippen molar-refractivity contribution in [1.82, 2.24) is 5.32 Å². The molecule has 0 saturated heterocycles. The van der Waals surface area contributed by atoms with Crippen LogP contribution in [0.3, 0.4) is 0 Å². The third-order valence-corrected chi connectivity index (χ3v) is 3.43. The van der Waals surface area contributed by atoms with Crippen molar-refractivity contribution in [3.05, 3.63) is 59.1 Å². The summed E-state index contributed by atoms with van der Waals surface area (Å²) in [6.45, 7) is 3.46. The molecule has 2 N–H and O–H groups in total. The topological polar surface area (TPSA) is 67.4 Å². The first-order valence-electron chi connectivity index (χ1n) is 7.50. The molecule has 24 heavy (non-hydrogen) atoms. The number of rotatable bonds is 6. The van der Waals surface area contributed by atoms with Gasteiger partial charge in [-0.25, -0.2) is 0 Å². The summed E-state index contributed by atoms with van der Waals surface area (Å²) in [5, 5.41) is 6.06. The van der Waals surface area contributed by atoms with Crippen LogP contribution in [-0.2, 0) is 16.1 Å². The molecule has 0 heterocycles. The summed E-state index contributed by atoms with van der Waals surface area (Å²) in [6.07, 6.45) is -0.651. The molecule has 6 heteroatoms. The highest BCUT2D eigenvalue weighted by Gasteiger charge is 2.14. The van der Waals surface area contributed by atoms with Gasteiger partial charge in [-0.05, 0) is 42.8 Å². The predicted molar refractivity (Wildman–Crippen MR) is 94.1 cm³/mol. The van der Waals surface area contributed by atoms with E-state index in [9.17, 15) is 9.59 Å². The second-order valence-electron chi connectivity index (χ2n) is 5.32. The lowest BCUT2D eigenvalue weighted by Crippen LogP contribution is -2.35. The Bertz CT molecular complexity index is 734. The summed E-state index contributed by atoms with van der Waals surface area (Å²) in [5.74, 6) is 0.164. The van der Waals surface area contributed by atoms with Crippen LogP contribution in [0.1, 0.15) is 19.4 Å². The van der Waals surface area contributed by atoms with Gasteiger partial charge < -0.3 is 15.4 Å². The van der Waals surface area contributed by atoms with E-state index in [1.807, 2.05) is 18.2 Å². The summed E-state index contributed by atoms with van der Waals surface area (Å²) in [5.41, 5.74) is 1.57. The normalized spacial score (nSPS) is 11.5. The summed E-state index contributed by atoms with van der Waals surface area (Å²) in [6, 6.07) is 14.2. The maximum absolute atomic E-state index is 12.1. The number of hydrogen-bond acceptors (Lipinski definition) is 3. The summed E-state index contributed by atoms with van der Waals surface area (Å²) < 4.78 is 5.57. The van der Waals surface area contributed by atoms with Gasteiger partial charge in [-0.15, -0.1) is 0 Å². The van der Waals surface area contributed by atoms with E-state index in [0.29, 0.717) is 23.0 Å². The molecule has 5 nitrogen and oxygen atoms in total. The van der Waals surface area contributed by atoms with Crippen molar-refractivity contribution in [2.24, 2.45) is 0 Å². The van der Waals surface area contributed by atoms with Crippen LogP contribution in [0.4, 0.5) is 5.69 Å². The Hall–Kier alpha value is -2.53. The van der Waals surface area contributed by atoms with E-state index in [1.54, 1.807) is 37.3 Å². The number of anilines is 1. The van der Waals surface area contributed by atoms with E-state index in [2.05, 4.69) is 10.6 Å². The van der Waals surface area contributed by atoms with Crippen molar-refractivity contribution in [1.29, 1.82) is 0 Å². The standard InChI is InChI=1S/C18H19ClN2O3/c1-12(24-17-8-4-6-15(19)10-17)18(23)20-11-14-5-3-7-16(9-14)21-13(2)22/h3-10,12H,11H2,1-2H3,(H,20,23)(H,21,22). The largest absolute Gasteiger partial charge is 0.481 e. The number of ether oxygens (including phenoxy) is 1. The third kappa shape index (κ3) is 5.59. The van der Waals surface area contributed by atoms with Gasteiger partial charge in [-0.3, -0.25) is 9.59 Å². The highest BCUT2D eigenvalue weighted by Crippen LogP contribution is 2.18. The van der Waals surface area contributed by atoms with Gasteiger partial charge in [0.1, 0.15) is 5.75 Å². The zero-order chi connectivity index (χ0) is 17.5. The Morgan fingerprint density at radius 2 is 1.92 bits per heavy atom. The maximum Gasteiger partial charge on any atom is 0.261 e. The second-order valence-corrected chi connectivity index (χ2v) is 5.75. The quantitative estimate of drug-likeness (QED) is 0.842. The van der Waals surface area contributed by atoms with Crippen LogP contribution in [0.15, 0.2) is 48.5 Å². The van der Waals surface area contributed by atoms with E-state index in [1.165, 1.54) is 6.92 Å². The minimum atomic E-state index is -0.651.